The van der Waals surface area contributed by atoms with Gasteiger partial charge >= 0.3 is 0 Å². The Morgan fingerprint density at radius 1 is 1.06 bits per heavy atom. The van der Waals surface area contributed by atoms with Crippen LogP contribution >= 0.6 is 24.0 Å². The molecular weight excluding hydrogens is 527 g/mol. The molecule has 9 heteroatoms. The maximum Gasteiger partial charge on any atom is 0.213 e. The Labute approximate surface area is 203 Å². The minimum atomic E-state index is -3.39. The van der Waals surface area contributed by atoms with Gasteiger partial charge in [0.2, 0.25) is 10.0 Å². The van der Waals surface area contributed by atoms with E-state index in [-0.39, 0.29) is 48.9 Å². The average Bonchev–Trinajstić information content (AvgIpc) is 2.70. The van der Waals surface area contributed by atoms with Crippen molar-refractivity contribution in [1.82, 2.24) is 15.4 Å². The molecule has 0 saturated carbocycles. The third-order valence-corrected chi connectivity index (χ3v) is 5.58. The van der Waals surface area contributed by atoms with Crippen LogP contribution in [0.25, 0.3) is 0 Å². The number of nitrogens with zero attached hydrogens (tertiary/aromatic N) is 1. The number of hydrogen-bond donors (Lipinski definition) is 3. The molecule has 31 heavy (non-hydrogen) atoms. The van der Waals surface area contributed by atoms with E-state index in [2.05, 4.69) is 20.3 Å². The number of hydrogen-bond acceptors (Lipinski definition) is 4. The summed E-state index contributed by atoms with van der Waals surface area (Å²) in [5, 5.41) is 6.25. The second kappa shape index (κ2) is 13.5. The highest BCUT2D eigenvalue weighted by atomic mass is 127. The number of aliphatic imine (C=N–C) groups is 1. The number of ether oxygens (including phenoxy) is 1. The van der Waals surface area contributed by atoms with Crippen molar-refractivity contribution in [3.05, 3.63) is 65.2 Å². The van der Waals surface area contributed by atoms with Gasteiger partial charge in [0.25, 0.3) is 0 Å². The minimum absolute atomic E-state index is 0. The molecule has 0 radical (unpaired) electrons. The Hall–Kier alpha value is -1.85. The summed E-state index contributed by atoms with van der Waals surface area (Å²) in [6, 6.07) is 15.5. The van der Waals surface area contributed by atoms with Crippen molar-refractivity contribution in [3.63, 3.8) is 0 Å². The summed E-state index contributed by atoms with van der Waals surface area (Å²) < 4.78 is 32.9. The molecule has 0 aliphatic rings. The monoisotopic (exact) mass is 560 g/mol. The lowest BCUT2D eigenvalue weighted by Crippen LogP contribution is -2.40. The van der Waals surface area contributed by atoms with Crippen molar-refractivity contribution in [2.75, 3.05) is 19.3 Å². The molecule has 0 aliphatic heterocycles. The third-order valence-electron chi connectivity index (χ3n) is 4.26. The zero-order valence-corrected chi connectivity index (χ0v) is 21.7. The summed E-state index contributed by atoms with van der Waals surface area (Å²) in [5.74, 6) is 1.32. The third kappa shape index (κ3) is 10.3. The van der Waals surface area contributed by atoms with Crippen molar-refractivity contribution >= 4 is 40.0 Å². The predicted octanol–water partition coefficient (Wildman–Crippen LogP) is 3.18. The fourth-order valence-electron chi connectivity index (χ4n) is 2.74. The van der Waals surface area contributed by atoms with E-state index in [1.54, 1.807) is 7.05 Å². The van der Waals surface area contributed by atoms with Gasteiger partial charge in [-0.25, -0.2) is 13.1 Å². The molecule has 0 aromatic heterocycles. The first-order chi connectivity index (χ1) is 14.3. The van der Waals surface area contributed by atoms with Gasteiger partial charge in [-0.2, -0.15) is 0 Å². The van der Waals surface area contributed by atoms with Crippen LogP contribution in [0.2, 0.25) is 0 Å². The summed E-state index contributed by atoms with van der Waals surface area (Å²) in [6.07, 6.45) is 0.0802. The van der Waals surface area contributed by atoms with Gasteiger partial charge in [0.15, 0.2) is 5.96 Å². The molecule has 3 N–H and O–H groups in total. The largest absolute Gasteiger partial charge is 0.491 e. The van der Waals surface area contributed by atoms with Gasteiger partial charge in [-0.15, -0.1) is 24.0 Å². The van der Waals surface area contributed by atoms with E-state index in [0.29, 0.717) is 12.5 Å². The standard InChI is InChI=1S/C22H32N4O3S.HI/c1-17(2)29-21-14-18(3)10-11-20(21)16-25-22(23-4)24-12-13-30(27,28)26-15-19-8-6-5-7-9-19;/h5-11,14,17,26H,12-13,15-16H2,1-4H3,(H2,23,24,25);1H. The van der Waals surface area contributed by atoms with E-state index in [4.69, 9.17) is 4.74 Å². The molecule has 0 heterocycles. The van der Waals surface area contributed by atoms with Gasteiger partial charge in [0.1, 0.15) is 5.75 Å². The molecule has 2 aromatic carbocycles. The van der Waals surface area contributed by atoms with E-state index >= 15 is 0 Å². The fraction of sp³-hybridized carbons (Fsp3) is 0.409. The Balaban J connectivity index is 0.00000480. The predicted molar refractivity (Wildman–Crippen MR) is 138 cm³/mol. The number of halogens is 1. The van der Waals surface area contributed by atoms with Crippen molar-refractivity contribution in [2.45, 2.75) is 40.0 Å². The topological polar surface area (TPSA) is 91.8 Å². The van der Waals surface area contributed by atoms with Gasteiger partial charge in [0.05, 0.1) is 11.9 Å². The SMILES string of the molecule is CN=C(NCCS(=O)(=O)NCc1ccccc1)NCc1ccc(C)cc1OC(C)C.I. The number of aryl methyl sites for hydroxylation is 1. The summed E-state index contributed by atoms with van der Waals surface area (Å²) in [7, 11) is -1.74. The van der Waals surface area contributed by atoms with Crippen LogP contribution < -0.4 is 20.1 Å². The smallest absolute Gasteiger partial charge is 0.213 e. The molecule has 7 nitrogen and oxygen atoms in total. The first kappa shape index (κ1) is 27.2. The molecule has 0 spiro atoms. The Bertz CT molecular complexity index is 935. The van der Waals surface area contributed by atoms with Crippen LogP contribution in [0.15, 0.2) is 53.5 Å². The number of guanidine groups is 1. The van der Waals surface area contributed by atoms with Crippen LogP contribution in [0.3, 0.4) is 0 Å². The lowest BCUT2D eigenvalue weighted by Gasteiger charge is -2.17. The van der Waals surface area contributed by atoms with Crippen molar-refractivity contribution in [1.29, 1.82) is 0 Å². The van der Waals surface area contributed by atoms with Gasteiger partial charge in [-0.1, -0.05) is 42.5 Å². The van der Waals surface area contributed by atoms with Crippen LogP contribution in [-0.4, -0.2) is 39.8 Å². The quantitative estimate of drug-likeness (QED) is 0.236. The van der Waals surface area contributed by atoms with Crippen LogP contribution in [0.5, 0.6) is 5.75 Å². The summed E-state index contributed by atoms with van der Waals surface area (Å²) in [6.45, 7) is 7.05. The zero-order valence-electron chi connectivity index (χ0n) is 18.5. The Kier molecular flexibility index (Phi) is 11.9. The van der Waals surface area contributed by atoms with Gasteiger partial charge in [-0.3, -0.25) is 4.99 Å². The van der Waals surface area contributed by atoms with Crippen molar-refractivity contribution < 1.29 is 13.2 Å². The molecule has 0 atom stereocenters. The molecule has 172 valence electrons. The number of rotatable bonds is 10. The van der Waals surface area contributed by atoms with Crippen LogP contribution in [0.1, 0.15) is 30.5 Å². The second-order valence-corrected chi connectivity index (χ2v) is 9.18. The lowest BCUT2D eigenvalue weighted by molar-refractivity contribution is 0.239. The average molecular weight is 561 g/mol. The van der Waals surface area contributed by atoms with Crippen LogP contribution in [0, 0.1) is 6.92 Å². The highest BCUT2D eigenvalue weighted by Gasteiger charge is 2.11. The molecule has 0 bridgehead atoms. The van der Waals surface area contributed by atoms with E-state index < -0.39 is 10.0 Å². The van der Waals surface area contributed by atoms with E-state index in [0.717, 1.165) is 22.4 Å². The molecule has 2 rings (SSSR count). The highest BCUT2D eigenvalue weighted by Crippen LogP contribution is 2.21. The molecule has 2 aromatic rings. The maximum atomic E-state index is 12.2. The highest BCUT2D eigenvalue weighted by molar-refractivity contribution is 14.0. The second-order valence-electron chi connectivity index (χ2n) is 7.26. The zero-order chi connectivity index (χ0) is 22.0. The first-order valence-corrected chi connectivity index (χ1v) is 11.7. The molecule has 0 fully saturated rings. The molecule has 0 aliphatic carbocycles. The van der Waals surface area contributed by atoms with Crippen LogP contribution in [-0.2, 0) is 23.1 Å². The first-order valence-electron chi connectivity index (χ1n) is 10.0. The number of benzene rings is 2. The summed E-state index contributed by atoms with van der Waals surface area (Å²) in [4.78, 5) is 4.16. The number of nitrogens with one attached hydrogen (secondary N) is 3. The fourth-order valence-corrected chi connectivity index (χ4v) is 3.64. The molecule has 0 unspecified atom stereocenters. The van der Waals surface area contributed by atoms with Gasteiger partial charge < -0.3 is 15.4 Å². The lowest BCUT2D eigenvalue weighted by atomic mass is 10.1. The van der Waals surface area contributed by atoms with Crippen molar-refractivity contribution in [3.8, 4) is 5.75 Å². The van der Waals surface area contributed by atoms with Crippen LogP contribution in [0.4, 0.5) is 0 Å². The minimum Gasteiger partial charge on any atom is -0.491 e. The molecular formula is C22H33IN4O3S. The summed E-state index contributed by atoms with van der Waals surface area (Å²) in [5.41, 5.74) is 3.06. The molecule has 0 amide bonds. The Morgan fingerprint density at radius 3 is 2.42 bits per heavy atom. The normalized spacial score (nSPS) is 11.7. The maximum absolute atomic E-state index is 12.2. The van der Waals surface area contributed by atoms with E-state index in [1.165, 1.54) is 0 Å². The van der Waals surface area contributed by atoms with Crippen molar-refractivity contribution in [2.24, 2.45) is 4.99 Å². The van der Waals surface area contributed by atoms with Gasteiger partial charge in [-0.05, 0) is 38.0 Å². The van der Waals surface area contributed by atoms with E-state index in [9.17, 15) is 8.42 Å². The van der Waals surface area contributed by atoms with E-state index in [1.807, 2.05) is 69.3 Å². The number of sulfonamides is 1. The molecule has 0 saturated heterocycles. The van der Waals surface area contributed by atoms with Gasteiger partial charge in [0, 0.05) is 32.2 Å². The Morgan fingerprint density at radius 2 is 1.77 bits per heavy atom. The summed E-state index contributed by atoms with van der Waals surface area (Å²) >= 11 is 0.